The number of nitrogens with zero attached hydrogens (tertiary/aromatic N) is 1. The van der Waals surface area contributed by atoms with E-state index < -0.39 is 17.8 Å². The highest BCUT2D eigenvalue weighted by Crippen LogP contribution is 2.34. The minimum atomic E-state index is -0.840. The van der Waals surface area contributed by atoms with Crippen molar-refractivity contribution in [3.63, 3.8) is 0 Å². The maximum atomic E-state index is 12.8. The number of hydroxylamine groups is 2. The highest BCUT2D eigenvalue weighted by molar-refractivity contribution is 7.99. The first kappa shape index (κ1) is 19.5. The van der Waals surface area contributed by atoms with Crippen molar-refractivity contribution in [2.45, 2.75) is 9.79 Å². The summed E-state index contributed by atoms with van der Waals surface area (Å²) in [4.78, 5) is 44.1. The molecule has 3 aromatic rings. The number of halogens is 2. The molecule has 144 valence electrons. The van der Waals surface area contributed by atoms with E-state index in [1.165, 1.54) is 36.0 Å². The van der Waals surface area contributed by atoms with Crippen LogP contribution in [0.3, 0.4) is 0 Å². The van der Waals surface area contributed by atoms with Crippen LogP contribution in [0.15, 0.2) is 76.5 Å². The molecule has 5 nitrogen and oxygen atoms in total. The van der Waals surface area contributed by atoms with Crippen molar-refractivity contribution >= 4 is 52.7 Å². The summed E-state index contributed by atoms with van der Waals surface area (Å²) in [7, 11) is 0. The fourth-order valence-electron chi connectivity index (χ4n) is 2.76. The minimum Gasteiger partial charge on any atom is -0.324 e. The normalized spacial score (nSPS) is 12.8. The lowest BCUT2D eigenvalue weighted by Crippen LogP contribution is -2.32. The Bertz CT molecular complexity index is 1110. The summed E-state index contributed by atoms with van der Waals surface area (Å²) in [6.45, 7) is 0. The third-order valence-corrected chi connectivity index (χ3v) is 5.69. The Morgan fingerprint density at radius 1 is 0.828 bits per heavy atom. The van der Waals surface area contributed by atoms with E-state index in [0.717, 1.165) is 4.90 Å². The van der Waals surface area contributed by atoms with Gasteiger partial charge in [-0.1, -0.05) is 52.2 Å². The average molecular weight is 444 g/mol. The van der Waals surface area contributed by atoms with E-state index in [9.17, 15) is 14.4 Å². The van der Waals surface area contributed by atoms with E-state index in [1.54, 1.807) is 42.5 Å². The second-order valence-corrected chi connectivity index (χ2v) is 8.01. The highest BCUT2D eigenvalue weighted by Gasteiger charge is 2.39. The van der Waals surface area contributed by atoms with Crippen LogP contribution in [0, 0.1) is 0 Å². The maximum Gasteiger partial charge on any atom is 0.365 e. The Hall–Kier alpha value is -2.80. The number of carbonyl (C=O) groups is 3. The molecule has 0 fully saturated rings. The summed E-state index contributed by atoms with van der Waals surface area (Å²) in [6.07, 6.45) is 0. The lowest BCUT2D eigenvalue weighted by atomic mass is 10.1. The fourth-order valence-corrected chi connectivity index (χ4v) is 4.10. The monoisotopic (exact) mass is 443 g/mol. The highest BCUT2D eigenvalue weighted by atomic mass is 35.5. The van der Waals surface area contributed by atoms with Gasteiger partial charge in [0.15, 0.2) is 0 Å². The SMILES string of the molecule is O=C(ON1C(=O)c2ccccc2C1=O)c1ccc(Cl)cc1Sc1ccc(Cl)cc1. The molecule has 0 N–H and O–H groups in total. The molecule has 4 rings (SSSR count). The number of rotatable bonds is 4. The van der Waals surface area contributed by atoms with Gasteiger partial charge in [-0.3, -0.25) is 9.59 Å². The van der Waals surface area contributed by atoms with Gasteiger partial charge in [-0.15, -0.1) is 0 Å². The van der Waals surface area contributed by atoms with Crippen LogP contribution in [0.25, 0.3) is 0 Å². The average Bonchev–Trinajstić information content (AvgIpc) is 2.95. The van der Waals surface area contributed by atoms with Crippen LogP contribution in [0.1, 0.15) is 31.1 Å². The van der Waals surface area contributed by atoms with Gasteiger partial charge in [-0.2, -0.15) is 0 Å². The predicted octanol–water partition coefficient (Wildman–Crippen LogP) is 5.51. The quantitative estimate of drug-likeness (QED) is 0.497. The van der Waals surface area contributed by atoms with Gasteiger partial charge >= 0.3 is 5.97 Å². The summed E-state index contributed by atoms with van der Waals surface area (Å²) in [5.74, 6) is -2.20. The van der Waals surface area contributed by atoms with Crippen LogP contribution in [0.4, 0.5) is 0 Å². The third-order valence-electron chi connectivity index (χ3n) is 4.14. The zero-order chi connectivity index (χ0) is 20.5. The summed E-state index contributed by atoms with van der Waals surface area (Å²) in [5.41, 5.74) is 0.556. The Morgan fingerprint density at radius 3 is 2.03 bits per heavy atom. The van der Waals surface area contributed by atoms with E-state index in [-0.39, 0.29) is 16.7 Å². The van der Waals surface area contributed by atoms with Crippen LogP contribution in [0.5, 0.6) is 0 Å². The molecule has 0 bridgehead atoms. The molecule has 8 heteroatoms. The summed E-state index contributed by atoms with van der Waals surface area (Å²) in [5, 5.41) is 1.50. The zero-order valence-electron chi connectivity index (χ0n) is 14.6. The Morgan fingerprint density at radius 2 is 1.41 bits per heavy atom. The molecule has 29 heavy (non-hydrogen) atoms. The zero-order valence-corrected chi connectivity index (χ0v) is 16.9. The number of carbonyl (C=O) groups excluding carboxylic acids is 3. The molecule has 2 amide bonds. The molecule has 1 aliphatic rings. The molecule has 1 heterocycles. The van der Waals surface area contributed by atoms with Gasteiger partial charge in [0.2, 0.25) is 0 Å². The number of benzene rings is 3. The smallest absolute Gasteiger partial charge is 0.324 e. The van der Waals surface area contributed by atoms with Crippen LogP contribution in [0.2, 0.25) is 10.0 Å². The van der Waals surface area contributed by atoms with Crippen molar-refractivity contribution in [3.05, 3.63) is 93.5 Å². The second kappa shape index (κ2) is 7.91. The van der Waals surface area contributed by atoms with Crippen LogP contribution >= 0.6 is 35.0 Å². The fraction of sp³-hybridized carbons (Fsp3) is 0. The van der Waals surface area contributed by atoms with Crippen molar-refractivity contribution in [1.29, 1.82) is 0 Å². The molecular weight excluding hydrogens is 433 g/mol. The Labute approximate surface area is 180 Å². The summed E-state index contributed by atoms with van der Waals surface area (Å²) >= 11 is 13.3. The first-order valence-corrected chi connectivity index (χ1v) is 9.94. The molecule has 0 radical (unpaired) electrons. The van der Waals surface area contributed by atoms with Crippen LogP contribution in [-0.4, -0.2) is 22.8 Å². The number of fused-ring (bicyclic) bond motifs is 1. The van der Waals surface area contributed by atoms with Crippen molar-refractivity contribution in [1.82, 2.24) is 5.06 Å². The molecule has 1 aliphatic heterocycles. The van der Waals surface area contributed by atoms with E-state index in [4.69, 9.17) is 28.0 Å². The molecule has 3 aromatic carbocycles. The molecule has 0 spiro atoms. The maximum absolute atomic E-state index is 12.8. The number of amides is 2. The summed E-state index contributed by atoms with van der Waals surface area (Å²) < 4.78 is 0. The summed E-state index contributed by atoms with van der Waals surface area (Å²) in [6, 6.07) is 18.0. The van der Waals surface area contributed by atoms with Gasteiger partial charge in [0.05, 0.1) is 16.7 Å². The molecule has 0 aromatic heterocycles. The Balaban J connectivity index is 1.60. The predicted molar refractivity (Wildman–Crippen MR) is 109 cm³/mol. The van der Waals surface area contributed by atoms with E-state index >= 15 is 0 Å². The molecule has 0 unspecified atom stereocenters. The topological polar surface area (TPSA) is 63.7 Å². The minimum absolute atomic E-state index is 0.172. The number of hydrogen-bond donors (Lipinski definition) is 0. The number of imide groups is 1. The second-order valence-electron chi connectivity index (χ2n) is 6.03. The van der Waals surface area contributed by atoms with E-state index in [1.807, 2.05) is 0 Å². The van der Waals surface area contributed by atoms with E-state index in [2.05, 4.69) is 0 Å². The number of hydrogen-bond acceptors (Lipinski definition) is 5. The van der Waals surface area contributed by atoms with Gasteiger partial charge in [0.1, 0.15) is 0 Å². The van der Waals surface area contributed by atoms with Gasteiger partial charge in [0, 0.05) is 19.8 Å². The first-order valence-electron chi connectivity index (χ1n) is 8.37. The van der Waals surface area contributed by atoms with Gasteiger partial charge in [-0.05, 0) is 54.6 Å². The molecular formula is C21H11Cl2NO4S. The lowest BCUT2D eigenvalue weighted by molar-refractivity contribution is -0.0586. The van der Waals surface area contributed by atoms with Crippen molar-refractivity contribution < 1.29 is 19.2 Å². The third kappa shape index (κ3) is 3.87. The van der Waals surface area contributed by atoms with E-state index in [0.29, 0.717) is 20.0 Å². The van der Waals surface area contributed by atoms with Crippen LogP contribution in [-0.2, 0) is 4.84 Å². The standard InChI is InChI=1S/C21H11Cl2NO4S/c22-12-5-8-14(9-6-12)29-18-11-13(23)7-10-17(18)21(27)28-24-19(25)15-3-1-2-4-16(15)20(24)26/h1-11H. The molecule has 0 aliphatic carbocycles. The molecule has 0 saturated carbocycles. The van der Waals surface area contributed by atoms with Crippen molar-refractivity contribution in [3.8, 4) is 0 Å². The first-order chi connectivity index (χ1) is 13.9. The molecule has 0 saturated heterocycles. The van der Waals surface area contributed by atoms with Gasteiger partial charge < -0.3 is 4.84 Å². The van der Waals surface area contributed by atoms with Gasteiger partial charge in [-0.25, -0.2) is 4.79 Å². The van der Waals surface area contributed by atoms with Crippen molar-refractivity contribution in [2.75, 3.05) is 0 Å². The van der Waals surface area contributed by atoms with Gasteiger partial charge in [0.25, 0.3) is 11.8 Å². The van der Waals surface area contributed by atoms with Crippen LogP contribution < -0.4 is 0 Å². The largest absolute Gasteiger partial charge is 0.365 e. The van der Waals surface area contributed by atoms with Crippen molar-refractivity contribution in [2.24, 2.45) is 0 Å². The molecule has 0 atom stereocenters. The lowest BCUT2D eigenvalue weighted by Gasteiger charge is -2.14. The Kier molecular flexibility index (Phi) is 5.32.